The van der Waals surface area contributed by atoms with Gasteiger partial charge in [-0.15, -0.1) is 0 Å². The predicted octanol–water partition coefficient (Wildman–Crippen LogP) is 2.26. The molecule has 7 heteroatoms. The van der Waals surface area contributed by atoms with Crippen molar-refractivity contribution in [2.75, 3.05) is 12.3 Å². The van der Waals surface area contributed by atoms with Gasteiger partial charge in [0.15, 0.2) is 16.7 Å². The SMILES string of the molecule is O=C(/N=C1\SCCN1C(=O)c1ccco1)c1ccco1. The minimum absolute atomic E-state index is 0.149. The lowest BCUT2D eigenvalue weighted by molar-refractivity contribution is 0.0828. The van der Waals surface area contributed by atoms with Crippen LogP contribution in [0.5, 0.6) is 0 Å². The third-order valence-electron chi connectivity index (χ3n) is 2.68. The van der Waals surface area contributed by atoms with E-state index in [2.05, 4.69) is 4.99 Å². The van der Waals surface area contributed by atoms with Crippen molar-refractivity contribution in [1.82, 2.24) is 4.90 Å². The first-order valence-corrected chi connectivity index (χ1v) is 6.89. The highest BCUT2D eigenvalue weighted by atomic mass is 32.2. The van der Waals surface area contributed by atoms with Crippen LogP contribution in [0.4, 0.5) is 0 Å². The Balaban J connectivity index is 1.82. The summed E-state index contributed by atoms with van der Waals surface area (Å²) in [6, 6.07) is 6.37. The van der Waals surface area contributed by atoms with Crippen molar-refractivity contribution in [1.29, 1.82) is 0 Å². The van der Waals surface area contributed by atoms with Crippen LogP contribution < -0.4 is 0 Å². The van der Waals surface area contributed by atoms with Gasteiger partial charge >= 0.3 is 5.91 Å². The quantitative estimate of drug-likeness (QED) is 0.848. The number of carbonyl (C=O) groups is 2. The van der Waals surface area contributed by atoms with Crippen molar-refractivity contribution in [2.45, 2.75) is 0 Å². The number of hydrogen-bond donors (Lipinski definition) is 0. The number of aliphatic imine (C=N–C) groups is 1. The van der Waals surface area contributed by atoms with Crippen molar-refractivity contribution in [2.24, 2.45) is 4.99 Å². The van der Waals surface area contributed by atoms with Gasteiger partial charge in [0.05, 0.1) is 12.5 Å². The van der Waals surface area contributed by atoms with Gasteiger partial charge in [0.1, 0.15) is 0 Å². The Morgan fingerprint density at radius 3 is 2.50 bits per heavy atom. The summed E-state index contributed by atoms with van der Waals surface area (Å²) in [6.07, 6.45) is 2.84. The maximum atomic E-state index is 12.2. The van der Waals surface area contributed by atoms with Crippen LogP contribution >= 0.6 is 11.8 Å². The lowest BCUT2D eigenvalue weighted by Crippen LogP contribution is -2.32. The highest BCUT2D eigenvalue weighted by Crippen LogP contribution is 2.21. The first-order valence-electron chi connectivity index (χ1n) is 5.90. The van der Waals surface area contributed by atoms with Crippen molar-refractivity contribution in [3.05, 3.63) is 48.3 Å². The van der Waals surface area contributed by atoms with E-state index in [0.29, 0.717) is 17.5 Å². The summed E-state index contributed by atoms with van der Waals surface area (Å²) in [4.78, 5) is 29.4. The average Bonchev–Trinajstić information content (AvgIpc) is 3.20. The van der Waals surface area contributed by atoms with Gasteiger partial charge in [-0.1, -0.05) is 11.8 Å². The molecule has 1 aliphatic heterocycles. The van der Waals surface area contributed by atoms with E-state index in [1.807, 2.05) is 0 Å². The van der Waals surface area contributed by atoms with Gasteiger partial charge in [0.2, 0.25) is 0 Å². The minimum atomic E-state index is -0.503. The number of nitrogens with zero attached hydrogens (tertiary/aromatic N) is 2. The Labute approximate surface area is 118 Å². The van der Waals surface area contributed by atoms with Crippen LogP contribution in [0.3, 0.4) is 0 Å². The minimum Gasteiger partial charge on any atom is -0.459 e. The lowest BCUT2D eigenvalue weighted by Gasteiger charge is -2.13. The molecule has 1 aliphatic rings. The average molecular weight is 290 g/mol. The lowest BCUT2D eigenvalue weighted by atomic mass is 10.4. The van der Waals surface area contributed by atoms with Crippen molar-refractivity contribution >= 4 is 28.7 Å². The second kappa shape index (κ2) is 5.38. The fourth-order valence-corrected chi connectivity index (χ4v) is 2.69. The number of rotatable bonds is 2. The number of amidine groups is 1. The van der Waals surface area contributed by atoms with E-state index in [-0.39, 0.29) is 17.4 Å². The third-order valence-corrected chi connectivity index (χ3v) is 3.64. The van der Waals surface area contributed by atoms with Gasteiger partial charge in [-0.2, -0.15) is 4.99 Å². The molecule has 0 unspecified atom stereocenters. The van der Waals surface area contributed by atoms with Gasteiger partial charge < -0.3 is 8.83 Å². The molecule has 0 saturated carbocycles. The van der Waals surface area contributed by atoms with E-state index in [0.717, 1.165) is 0 Å². The fourth-order valence-electron chi connectivity index (χ4n) is 1.76. The van der Waals surface area contributed by atoms with Crippen LogP contribution in [-0.2, 0) is 0 Å². The van der Waals surface area contributed by atoms with Gasteiger partial charge in [-0.25, -0.2) is 0 Å². The molecule has 0 N–H and O–H groups in total. The van der Waals surface area contributed by atoms with Crippen molar-refractivity contribution < 1.29 is 18.4 Å². The summed E-state index contributed by atoms with van der Waals surface area (Å²) >= 11 is 1.35. The largest absolute Gasteiger partial charge is 0.459 e. The second-order valence-corrected chi connectivity index (χ2v) is 5.02. The monoisotopic (exact) mass is 290 g/mol. The van der Waals surface area contributed by atoms with E-state index in [1.165, 1.54) is 35.3 Å². The molecular weight excluding hydrogens is 280 g/mol. The molecule has 3 heterocycles. The Morgan fingerprint density at radius 2 is 1.85 bits per heavy atom. The summed E-state index contributed by atoms with van der Waals surface area (Å²) < 4.78 is 10.1. The molecule has 20 heavy (non-hydrogen) atoms. The first-order chi connectivity index (χ1) is 9.75. The smallest absolute Gasteiger partial charge is 0.315 e. The molecule has 2 aromatic heterocycles. The van der Waals surface area contributed by atoms with Crippen LogP contribution in [0.25, 0.3) is 0 Å². The molecular formula is C13H10N2O4S. The van der Waals surface area contributed by atoms with Crippen LogP contribution in [0.1, 0.15) is 21.1 Å². The third kappa shape index (κ3) is 2.39. The fraction of sp³-hybridized carbons (Fsp3) is 0.154. The van der Waals surface area contributed by atoms with Crippen molar-refractivity contribution in [3.8, 4) is 0 Å². The molecule has 1 fully saturated rings. The van der Waals surface area contributed by atoms with E-state index in [1.54, 1.807) is 18.2 Å². The number of furan rings is 2. The maximum absolute atomic E-state index is 12.2. The normalized spacial score (nSPS) is 16.8. The Hall–Kier alpha value is -2.28. The highest BCUT2D eigenvalue weighted by molar-refractivity contribution is 8.14. The number of thioether (sulfide) groups is 1. The maximum Gasteiger partial charge on any atom is 0.315 e. The van der Waals surface area contributed by atoms with Crippen LogP contribution in [-0.4, -0.2) is 34.2 Å². The molecule has 3 rings (SSSR count). The molecule has 0 aromatic carbocycles. The zero-order valence-corrected chi connectivity index (χ0v) is 11.1. The Bertz CT molecular complexity index is 646. The van der Waals surface area contributed by atoms with Gasteiger partial charge in [-0.05, 0) is 24.3 Å². The summed E-state index contributed by atoms with van der Waals surface area (Å²) in [5.41, 5.74) is 0. The molecule has 0 radical (unpaired) electrons. The first kappa shape index (κ1) is 12.7. The zero-order valence-electron chi connectivity index (χ0n) is 10.3. The summed E-state index contributed by atoms with van der Waals surface area (Å²) in [6.45, 7) is 0.495. The van der Waals surface area contributed by atoms with Crippen LogP contribution in [0.15, 0.2) is 50.6 Å². The number of carbonyl (C=O) groups excluding carboxylic acids is 2. The highest BCUT2D eigenvalue weighted by Gasteiger charge is 2.29. The second-order valence-electron chi connectivity index (χ2n) is 3.96. The van der Waals surface area contributed by atoms with Crippen LogP contribution in [0.2, 0.25) is 0 Å². The number of hydrogen-bond acceptors (Lipinski definition) is 5. The molecule has 0 spiro atoms. The molecule has 2 amide bonds. The van der Waals surface area contributed by atoms with E-state index in [4.69, 9.17) is 8.83 Å². The van der Waals surface area contributed by atoms with E-state index >= 15 is 0 Å². The van der Waals surface area contributed by atoms with Gasteiger partial charge in [-0.3, -0.25) is 14.5 Å². The summed E-state index contributed by atoms with van der Waals surface area (Å²) in [5.74, 6) is 0.264. The molecule has 0 aliphatic carbocycles. The Morgan fingerprint density at radius 1 is 1.15 bits per heavy atom. The molecule has 6 nitrogen and oxygen atoms in total. The van der Waals surface area contributed by atoms with E-state index < -0.39 is 5.91 Å². The van der Waals surface area contributed by atoms with Gasteiger partial charge in [0.25, 0.3) is 5.91 Å². The standard InChI is InChI=1S/C13H10N2O4S/c16-11(9-3-1-6-18-9)14-13-15(5-8-20-13)12(17)10-4-2-7-19-10/h1-4,6-7H,5,8H2/b14-13-. The molecule has 0 bridgehead atoms. The predicted molar refractivity (Wildman–Crippen MR) is 72.7 cm³/mol. The van der Waals surface area contributed by atoms with Crippen molar-refractivity contribution in [3.63, 3.8) is 0 Å². The summed E-state index contributed by atoms with van der Waals surface area (Å²) in [5, 5.41) is 0.368. The zero-order chi connectivity index (χ0) is 13.9. The molecule has 102 valence electrons. The van der Waals surface area contributed by atoms with Gasteiger partial charge in [0, 0.05) is 12.3 Å². The molecule has 0 atom stereocenters. The van der Waals surface area contributed by atoms with E-state index in [9.17, 15) is 9.59 Å². The van der Waals surface area contributed by atoms with Crippen LogP contribution in [0, 0.1) is 0 Å². The Kier molecular flexibility index (Phi) is 3.42. The topological polar surface area (TPSA) is 76.0 Å². The molecule has 2 aromatic rings. The summed E-state index contributed by atoms with van der Waals surface area (Å²) in [7, 11) is 0. The molecule has 1 saturated heterocycles. The number of amides is 2.